The molecule has 6 rings (SSSR count). The predicted octanol–water partition coefficient (Wildman–Crippen LogP) is 4.45. The molecule has 0 spiro atoms. The van der Waals surface area contributed by atoms with Gasteiger partial charge in [-0.25, -0.2) is 9.37 Å². The minimum absolute atomic E-state index is 0.0887. The molecule has 38 heavy (non-hydrogen) atoms. The zero-order valence-corrected chi connectivity index (χ0v) is 22.7. The Balaban J connectivity index is 1.12. The summed E-state index contributed by atoms with van der Waals surface area (Å²) in [5.74, 6) is 1.30. The Bertz CT molecular complexity index is 1190. The summed E-state index contributed by atoms with van der Waals surface area (Å²) in [6.45, 7) is 6.02. The SMILES string of the molecule is CC(=O)N[C@@H](CCN1[C@@H]2CC[C@H]1CC(n1c(C)nc3c1CCN(C(=O)C1CCC1)C3)C2)c1cccc(F)c1. The minimum atomic E-state index is -0.270. The molecule has 1 N–H and O–H groups in total. The molecule has 1 unspecified atom stereocenters. The third-order valence-electron chi connectivity index (χ3n) is 9.52. The lowest BCUT2D eigenvalue weighted by Crippen LogP contribution is -2.45. The molecule has 1 saturated carbocycles. The first kappa shape index (κ1) is 25.5. The topological polar surface area (TPSA) is 70.5 Å². The van der Waals surface area contributed by atoms with Crippen LogP contribution in [0.3, 0.4) is 0 Å². The Labute approximate surface area is 224 Å². The van der Waals surface area contributed by atoms with Gasteiger partial charge in [0.15, 0.2) is 0 Å². The number of imidazole rings is 1. The molecule has 2 bridgehead atoms. The number of aryl methyl sites for hydroxylation is 1. The van der Waals surface area contributed by atoms with E-state index in [2.05, 4.69) is 21.7 Å². The summed E-state index contributed by atoms with van der Waals surface area (Å²) in [6.07, 6.45) is 9.56. The quantitative estimate of drug-likeness (QED) is 0.585. The number of benzene rings is 1. The molecule has 1 aromatic carbocycles. The molecular formula is C30H40FN5O2. The van der Waals surface area contributed by atoms with Gasteiger partial charge in [0, 0.05) is 56.2 Å². The van der Waals surface area contributed by atoms with Crippen molar-refractivity contribution in [3.8, 4) is 0 Å². The van der Waals surface area contributed by atoms with Gasteiger partial charge >= 0.3 is 0 Å². The second-order valence-corrected chi connectivity index (χ2v) is 11.9. The second kappa shape index (κ2) is 10.4. The molecule has 2 aromatic rings. The molecule has 2 amide bonds. The minimum Gasteiger partial charge on any atom is -0.349 e. The monoisotopic (exact) mass is 521 g/mol. The van der Waals surface area contributed by atoms with Gasteiger partial charge in [0.25, 0.3) is 0 Å². The van der Waals surface area contributed by atoms with Crippen LogP contribution in [0.1, 0.15) is 93.1 Å². The number of halogens is 1. The molecule has 2 saturated heterocycles. The fourth-order valence-electron chi connectivity index (χ4n) is 7.52. The lowest BCUT2D eigenvalue weighted by atomic mass is 9.84. The van der Waals surface area contributed by atoms with Gasteiger partial charge in [-0.3, -0.25) is 14.5 Å². The van der Waals surface area contributed by atoms with E-state index < -0.39 is 0 Å². The molecule has 1 aliphatic carbocycles. The van der Waals surface area contributed by atoms with Crippen LogP contribution in [0.5, 0.6) is 0 Å². The predicted molar refractivity (Wildman–Crippen MR) is 143 cm³/mol. The molecular weight excluding hydrogens is 481 g/mol. The number of aromatic nitrogens is 2. The zero-order valence-electron chi connectivity index (χ0n) is 22.7. The summed E-state index contributed by atoms with van der Waals surface area (Å²) in [5, 5.41) is 3.04. The third kappa shape index (κ3) is 4.88. The third-order valence-corrected chi connectivity index (χ3v) is 9.52. The second-order valence-electron chi connectivity index (χ2n) is 11.9. The lowest BCUT2D eigenvalue weighted by Gasteiger charge is -2.41. The zero-order chi connectivity index (χ0) is 26.4. The van der Waals surface area contributed by atoms with Gasteiger partial charge in [-0.15, -0.1) is 0 Å². The average Bonchev–Trinajstić information content (AvgIpc) is 3.30. The molecule has 4 heterocycles. The number of carbonyl (C=O) groups excluding carboxylic acids is 2. The van der Waals surface area contributed by atoms with Crippen LogP contribution in [0.15, 0.2) is 24.3 Å². The van der Waals surface area contributed by atoms with E-state index in [-0.39, 0.29) is 23.7 Å². The van der Waals surface area contributed by atoms with Crippen molar-refractivity contribution in [2.75, 3.05) is 13.1 Å². The largest absolute Gasteiger partial charge is 0.349 e. The Kier molecular flexibility index (Phi) is 7.01. The van der Waals surface area contributed by atoms with E-state index in [9.17, 15) is 14.0 Å². The summed E-state index contributed by atoms with van der Waals surface area (Å²) < 4.78 is 16.4. The van der Waals surface area contributed by atoms with Crippen molar-refractivity contribution >= 4 is 11.8 Å². The maximum absolute atomic E-state index is 13.9. The van der Waals surface area contributed by atoms with E-state index >= 15 is 0 Å². The summed E-state index contributed by atoms with van der Waals surface area (Å²) in [4.78, 5) is 34.4. The van der Waals surface area contributed by atoms with E-state index in [1.54, 1.807) is 6.07 Å². The van der Waals surface area contributed by atoms with Crippen LogP contribution in [0.2, 0.25) is 0 Å². The van der Waals surface area contributed by atoms with Gasteiger partial charge in [-0.05, 0) is 69.6 Å². The van der Waals surface area contributed by atoms with Gasteiger partial charge in [-0.2, -0.15) is 0 Å². The number of nitrogens with one attached hydrogen (secondary N) is 1. The molecule has 8 heteroatoms. The summed E-state index contributed by atoms with van der Waals surface area (Å²) in [5.41, 5.74) is 3.27. The average molecular weight is 522 g/mol. The van der Waals surface area contributed by atoms with Crippen molar-refractivity contribution in [2.24, 2.45) is 5.92 Å². The van der Waals surface area contributed by atoms with E-state index in [1.807, 2.05) is 11.0 Å². The van der Waals surface area contributed by atoms with E-state index in [4.69, 9.17) is 4.98 Å². The maximum atomic E-state index is 13.9. The van der Waals surface area contributed by atoms with Crippen molar-refractivity contribution in [3.63, 3.8) is 0 Å². The van der Waals surface area contributed by atoms with Gasteiger partial charge in [0.1, 0.15) is 11.6 Å². The van der Waals surface area contributed by atoms with E-state index in [0.29, 0.717) is 30.6 Å². The smallest absolute Gasteiger partial charge is 0.226 e. The first-order valence-corrected chi connectivity index (χ1v) is 14.5. The molecule has 4 atom stereocenters. The number of carbonyl (C=O) groups is 2. The van der Waals surface area contributed by atoms with Gasteiger partial charge in [0.05, 0.1) is 18.3 Å². The van der Waals surface area contributed by atoms with Crippen LogP contribution in [0.4, 0.5) is 4.39 Å². The van der Waals surface area contributed by atoms with E-state index in [0.717, 1.165) is 68.7 Å². The molecule has 4 aliphatic rings. The number of fused-ring (bicyclic) bond motifs is 3. The van der Waals surface area contributed by atoms with Crippen molar-refractivity contribution in [1.82, 2.24) is 24.7 Å². The van der Waals surface area contributed by atoms with Crippen LogP contribution in [0.25, 0.3) is 0 Å². The molecule has 3 fully saturated rings. The lowest BCUT2D eigenvalue weighted by molar-refractivity contribution is -0.139. The van der Waals surface area contributed by atoms with Crippen molar-refractivity contribution in [2.45, 2.75) is 102 Å². The van der Waals surface area contributed by atoms with Crippen LogP contribution in [-0.2, 0) is 22.6 Å². The summed E-state index contributed by atoms with van der Waals surface area (Å²) in [6, 6.07) is 7.88. The number of piperidine rings is 1. The number of hydrogen-bond acceptors (Lipinski definition) is 4. The highest BCUT2D eigenvalue weighted by molar-refractivity contribution is 5.79. The number of rotatable bonds is 7. The van der Waals surface area contributed by atoms with E-state index in [1.165, 1.54) is 44.0 Å². The van der Waals surface area contributed by atoms with Crippen LogP contribution < -0.4 is 5.32 Å². The highest BCUT2D eigenvalue weighted by Gasteiger charge is 2.43. The molecule has 0 radical (unpaired) electrons. The maximum Gasteiger partial charge on any atom is 0.226 e. The van der Waals surface area contributed by atoms with Crippen LogP contribution in [0, 0.1) is 18.7 Å². The molecule has 1 aromatic heterocycles. The summed E-state index contributed by atoms with van der Waals surface area (Å²) in [7, 11) is 0. The standard InChI is InChI=1S/C30H40FN5O2/c1-19-32-28-18-34(30(38)21-5-3-6-21)13-12-29(28)36(19)26-16-24-9-10-25(17-26)35(24)14-11-27(33-20(2)37)22-7-4-8-23(31)15-22/h4,7-8,15,21,24-27H,3,5-6,9-14,16-18H2,1-2H3,(H,33,37)/t24-,25+,26?,27-/m0/s1. The Hall–Kier alpha value is -2.74. The van der Waals surface area contributed by atoms with Crippen LogP contribution >= 0.6 is 0 Å². The fraction of sp³-hybridized carbons (Fsp3) is 0.633. The molecule has 204 valence electrons. The van der Waals surface area contributed by atoms with Crippen molar-refractivity contribution in [1.29, 1.82) is 0 Å². The highest BCUT2D eigenvalue weighted by Crippen LogP contribution is 2.43. The Morgan fingerprint density at radius 1 is 1.13 bits per heavy atom. The van der Waals surface area contributed by atoms with Crippen molar-refractivity contribution < 1.29 is 14.0 Å². The van der Waals surface area contributed by atoms with Gasteiger partial charge < -0.3 is 14.8 Å². The Morgan fingerprint density at radius 3 is 2.55 bits per heavy atom. The number of hydrogen-bond donors (Lipinski definition) is 1. The fourth-order valence-corrected chi connectivity index (χ4v) is 7.52. The first-order chi connectivity index (χ1) is 18.4. The van der Waals surface area contributed by atoms with Gasteiger partial charge in [-0.1, -0.05) is 18.6 Å². The summed E-state index contributed by atoms with van der Waals surface area (Å²) >= 11 is 0. The molecule has 7 nitrogen and oxygen atoms in total. The number of nitrogens with zero attached hydrogens (tertiary/aromatic N) is 4. The Morgan fingerprint density at radius 2 is 1.89 bits per heavy atom. The number of amides is 2. The molecule has 3 aliphatic heterocycles. The van der Waals surface area contributed by atoms with Crippen molar-refractivity contribution in [3.05, 3.63) is 52.9 Å². The highest BCUT2D eigenvalue weighted by atomic mass is 19.1. The normalized spacial score (nSPS) is 26.1. The van der Waals surface area contributed by atoms with Gasteiger partial charge in [0.2, 0.25) is 11.8 Å². The van der Waals surface area contributed by atoms with Crippen LogP contribution in [-0.4, -0.2) is 56.3 Å². The first-order valence-electron chi connectivity index (χ1n) is 14.5.